The van der Waals surface area contributed by atoms with Gasteiger partial charge in [0.15, 0.2) is 6.10 Å². The van der Waals surface area contributed by atoms with Crippen LogP contribution in [0.4, 0.5) is 0 Å². The van der Waals surface area contributed by atoms with Crippen LogP contribution in [0.15, 0.2) is 134 Å². The average Bonchev–Trinajstić information content (AvgIpc) is 3.45. The van der Waals surface area contributed by atoms with Gasteiger partial charge in [0.2, 0.25) is 0 Å². The molecule has 0 aromatic carbocycles. The highest BCUT2D eigenvalue weighted by Crippen LogP contribution is 2.15. The Hall–Kier alpha value is -4.45. The molecule has 6 nitrogen and oxygen atoms in total. The molecule has 0 radical (unpaired) electrons. The summed E-state index contributed by atoms with van der Waals surface area (Å²) in [4.78, 5) is 38.3. The van der Waals surface area contributed by atoms with Crippen molar-refractivity contribution in [3.8, 4) is 0 Å². The first kappa shape index (κ1) is 74.5. The number of carbonyl (C=O) groups is 3. The molecule has 0 aliphatic heterocycles. The van der Waals surface area contributed by atoms with E-state index in [0.29, 0.717) is 19.3 Å². The van der Waals surface area contributed by atoms with E-state index in [0.717, 1.165) is 161 Å². The molecule has 0 aromatic rings. The van der Waals surface area contributed by atoms with E-state index in [1.165, 1.54) is 89.9 Å². The van der Waals surface area contributed by atoms with E-state index >= 15 is 0 Å². The summed E-state index contributed by atoms with van der Waals surface area (Å²) in [6.45, 7) is 6.43. The van der Waals surface area contributed by atoms with Crippen molar-refractivity contribution in [3.63, 3.8) is 0 Å². The summed E-state index contributed by atoms with van der Waals surface area (Å²) >= 11 is 0. The zero-order chi connectivity index (χ0) is 57.1. The maximum atomic E-state index is 12.9. The van der Waals surface area contributed by atoms with Crippen molar-refractivity contribution in [3.05, 3.63) is 134 Å². The fraction of sp³-hybridized carbons (Fsp3) is 0.658. The van der Waals surface area contributed by atoms with Gasteiger partial charge in [-0.25, -0.2) is 0 Å². The molecule has 1 atom stereocenters. The summed E-state index contributed by atoms with van der Waals surface area (Å²) in [5.41, 5.74) is 0. The van der Waals surface area contributed by atoms with Crippen molar-refractivity contribution in [1.82, 2.24) is 0 Å². The van der Waals surface area contributed by atoms with Crippen LogP contribution in [0.3, 0.4) is 0 Å². The molecule has 0 saturated carbocycles. The van der Waals surface area contributed by atoms with Crippen molar-refractivity contribution >= 4 is 17.9 Å². The molecule has 448 valence electrons. The Morgan fingerprint density at radius 3 is 0.823 bits per heavy atom. The molecule has 0 aromatic heterocycles. The molecule has 79 heavy (non-hydrogen) atoms. The van der Waals surface area contributed by atoms with Gasteiger partial charge in [-0.15, -0.1) is 0 Å². The second-order valence-electron chi connectivity index (χ2n) is 21.3. The standard InChI is InChI=1S/C73H120O6/c1-4-7-10-13-16-19-22-25-27-29-31-33-34-35-36-37-38-40-41-43-45-48-51-54-57-60-63-66-72(75)78-69-70(68-77-71(74)65-62-59-56-53-50-47-24-21-18-15-12-9-6-3)79-73(76)67-64-61-58-55-52-49-46-44-42-39-32-30-28-26-23-20-17-14-11-8-5-2/h7,10,12,15-16,19,21,23-27,30-33,35-36,38,40,43,45,70H,4-6,8-9,11,13-14,17-18,20,22,28-29,34,37,39,41-42,44,46-69H2,1-3H3/b10-7-,15-12-,19-16-,24-21-,26-23-,27-25-,32-30-,33-31-,36-35-,40-38-,45-43-. The lowest BCUT2D eigenvalue weighted by Crippen LogP contribution is -2.30. The molecule has 0 rings (SSSR count). The Kier molecular flexibility index (Phi) is 62.3. The number of carbonyl (C=O) groups excluding carboxylic acids is 3. The second-order valence-corrected chi connectivity index (χ2v) is 21.3. The number of ether oxygens (including phenoxy) is 3. The zero-order valence-corrected chi connectivity index (χ0v) is 51.3. The first-order valence-electron chi connectivity index (χ1n) is 32.7. The molecule has 0 spiro atoms. The SMILES string of the molecule is CC/C=C\C/C=C\C/C=C\C/C=C\C/C=C\C/C=C\C/C=C\CCCCCCCC(=O)OCC(COC(=O)CCCCCCC/C=C\C/C=C\CCC)OC(=O)CCCCCCCCCCC/C=C\C/C=C\CCCCCCC. The highest BCUT2D eigenvalue weighted by molar-refractivity contribution is 5.71. The molecular weight excluding hydrogens is 973 g/mol. The number of allylic oxidation sites excluding steroid dienone is 22. The van der Waals surface area contributed by atoms with Crippen LogP contribution in [-0.2, 0) is 28.6 Å². The summed E-state index contributed by atoms with van der Waals surface area (Å²) in [6.07, 6.45) is 93.1. The molecule has 0 aliphatic rings. The molecular formula is C73H120O6. The predicted octanol–water partition coefficient (Wildman–Crippen LogP) is 22.5. The largest absolute Gasteiger partial charge is 0.462 e. The Morgan fingerprint density at radius 1 is 0.266 bits per heavy atom. The van der Waals surface area contributed by atoms with Crippen LogP contribution in [0, 0.1) is 0 Å². The van der Waals surface area contributed by atoms with Crippen molar-refractivity contribution in [2.24, 2.45) is 0 Å². The Bertz CT molecular complexity index is 1680. The van der Waals surface area contributed by atoms with Crippen LogP contribution in [0.5, 0.6) is 0 Å². The van der Waals surface area contributed by atoms with Crippen molar-refractivity contribution in [1.29, 1.82) is 0 Å². The van der Waals surface area contributed by atoms with E-state index in [1.54, 1.807) is 0 Å². The lowest BCUT2D eigenvalue weighted by molar-refractivity contribution is -0.167. The summed E-state index contributed by atoms with van der Waals surface area (Å²) in [7, 11) is 0. The Balaban J connectivity index is 4.40. The van der Waals surface area contributed by atoms with Crippen LogP contribution < -0.4 is 0 Å². The first-order valence-corrected chi connectivity index (χ1v) is 32.7. The quantitative estimate of drug-likeness (QED) is 0.0261. The van der Waals surface area contributed by atoms with Gasteiger partial charge in [-0.2, -0.15) is 0 Å². The van der Waals surface area contributed by atoms with E-state index in [1.807, 2.05) is 0 Å². The predicted molar refractivity (Wildman–Crippen MR) is 343 cm³/mol. The monoisotopic (exact) mass is 1090 g/mol. The van der Waals surface area contributed by atoms with Gasteiger partial charge in [-0.05, 0) is 135 Å². The Labute approximate surface area is 487 Å². The molecule has 0 aliphatic carbocycles. The average molecular weight is 1090 g/mol. The topological polar surface area (TPSA) is 78.9 Å². The molecule has 0 bridgehead atoms. The molecule has 0 fully saturated rings. The highest BCUT2D eigenvalue weighted by atomic mass is 16.6. The maximum absolute atomic E-state index is 12.9. The molecule has 0 heterocycles. The number of unbranched alkanes of at least 4 members (excludes halogenated alkanes) is 25. The first-order chi connectivity index (χ1) is 39.0. The summed E-state index contributed by atoms with van der Waals surface area (Å²) in [6, 6.07) is 0. The van der Waals surface area contributed by atoms with E-state index in [4.69, 9.17) is 14.2 Å². The minimum Gasteiger partial charge on any atom is -0.462 e. The maximum Gasteiger partial charge on any atom is 0.306 e. The summed E-state index contributed by atoms with van der Waals surface area (Å²) in [5.74, 6) is -0.931. The third-order valence-corrected chi connectivity index (χ3v) is 13.6. The van der Waals surface area contributed by atoms with Gasteiger partial charge in [0.25, 0.3) is 0 Å². The van der Waals surface area contributed by atoms with Crippen LogP contribution >= 0.6 is 0 Å². The zero-order valence-electron chi connectivity index (χ0n) is 51.3. The number of hydrogen-bond acceptors (Lipinski definition) is 6. The van der Waals surface area contributed by atoms with Gasteiger partial charge in [0.05, 0.1) is 0 Å². The van der Waals surface area contributed by atoms with Gasteiger partial charge in [0.1, 0.15) is 13.2 Å². The Morgan fingerprint density at radius 2 is 0.519 bits per heavy atom. The van der Waals surface area contributed by atoms with Gasteiger partial charge in [0, 0.05) is 19.3 Å². The molecule has 0 N–H and O–H groups in total. The van der Waals surface area contributed by atoms with Crippen LogP contribution in [0.2, 0.25) is 0 Å². The molecule has 0 amide bonds. The van der Waals surface area contributed by atoms with Crippen LogP contribution in [0.1, 0.15) is 290 Å². The summed E-state index contributed by atoms with van der Waals surface area (Å²) < 4.78 is 16.9. The van der Waals surface area contributed by atoms with Gasteiger partial charge >= 0.3 is 17.9 Å². The lowest BCUT2D eigenvalue weighted by atomic mass is 10.1. The van der Waals surface area contributed by atoms with Gasteiger partial charge in [-0.1, -0.05) is 270 Å². The third-order valence-electron chi connectivity index (χ3n) is 13.6. The number of rotatable bonds is 58. The van der Waals surface area contributed by atoms with Gasteiger partial charge in [-0.3, -0.25) is 14.4 Å². The van der Waals surface area contributed by atoms with E-state index < -0.39 is 6.10 Å². The van der Waals surface area contributed by atoms with Crippen LogP contribution in [0.25, 0.3) is 0 Å². The highest BCUT2D eigenvalue weighted by Gasteiger charge is 2.19. The van der Waals surface area contributed by atoms with E-state index in [2.05, 4.69) is 154 Å². The normalized spacial score (nSPS) is 13.0. The molecule has 0 saturated heterocycles. The third kappa shape index (κ3) is 64.3. The van der Waals surface area contributed by atoms with Crippen molar-refractivity contribution in [2.45, 2.75) is 297 Å². The smallest absolute Gasteiger partial charge is 0.306 e. The van der Waals surface area contributed by atoms with E-state index in [9.17, 15) is 14.4 Å². The van der Waals surface area contributed by atoms with Crippen LogP contribution in [-0.4, -0.2) is 37.2 Å². The molecule has 1 unspecified atom stereocenters. The second kappa shape index (κ2) is 66.1. The minimum atomic E-state index is -0.801. The van der Waals surface area contributed by atoms with Gasteiger partial charge < -0.3 is 14.2 Å². The lowest BCUT2D eigenvalue weighted by Gasteiger charge is -2.18. The fourth-order valence-electron chi connectivity index (χ4n) is 8.73. The van der Waals surface area contributed by atoms with Crippen molar-refractivity contribution in [2.75, 3.05) is 13.2 Å². The fourth-order valence-corrected chi connectivity index (χ4v) is 8.73. The number of esters is 3. The van der Waals surface area contributed by atoms with E-state index in [-0.39, 0.29) is 31.1 Å². The van der Waals surface area contributed by atoms with Crippen molar-refractivity contribution < 1.29 is 28.6 Å². The summed E-state index contributed by atoms with van der Waals surface area (Å²) in [5, 5.41) is 0. The minimum absolute atomic E-state index is 0.0966. The number of hydrogen-bond donors (Lipinski definition) is 0. The molecule has 6 heteroatoms.